The van der Waals surface area contributed by atoms with Crippen LogP contribution in [-0.2, 0) is 17.4 Å². The van der Waals surface area contributed by atoms with Gasteiger partial charge in [-0.3, -0.25) is 4.79 Å². The summed E-state index contributed by atoms with van der Waals surface area (Å²) in [5.41, 5.74) is -4.18. The number of pyridine rings is 1. The molecule has 0 radical (unpaired) electrons. The molecule has 0 spiro atoms. The number of nitrogens with zero attached hydrogens (tertiary/aromatic N) is 1. The van der Waals surface area contributed by atoms with Crippen LogP contribution in [0.3, 0.4) is 0 Å². The summed E-state index contributed by atoms with van der Waals surface area (Å²) >= 11 is 0. The van der Waals surface area contributed by atoms with E-state index in [0.717, 1.165) is 0 Å². The minimum Gasteiger partial charge on any atom is -0.481 e. The van der Waals surface area contributed by atoms with Crippen molar-refractivity contribution in [2.24, 2.45) is 0 Å². The molecule has 0 saturated carbocycles. The van der Waals surface area contributed by atoms with E-state index in [1.54, 1.807) is 0 Å². The first-order valence-electron chi connectivity index (χ1n) is 4.39. The van der Waals surface area contributed by atoms with Crippen LogP contribution >= 0.6 is 0 Å². The van der Waals surface area contributed by atoms with Crippen molar-refractivity contribution in [1.29, 1.82) is 0 Å². The minimum absolute atomic E-state index is 0.0429. The highest BCUT2D eigenvalue weighted by Gasteiger charge is 2.37. The first-order valence-corrected chi connectivity index (χ1v) is 4.39. The Hall–Kier alpha value is -1.80. The molecule has 18 heavy (non-hydrogen) atoms. The zero-order chi connectivity index (χ0) is 14.1. The van der Waals surface area contributed by atoms with E-state index in [2.05, 4.69) is 4.98 Å². The molecule has 1 heterocycles. The molecule has 0 bridgehead atoms. The van der Waals surface area contributed by atoms with Crippen molar-refractivity contribution in [3.05, 3.63) is 28.8 Å². The number of halogens is 6. The first kappa shape index (κ1) is 14.3. The molecule has 1 N–H and O–H groups in total. The number of alkyl halides is 5. The maximum Gasteiger partial charge on any atom is 0.436 e. The van der Waals surface area contributed by atoms with Gasteiger partial charge in [0.15, 0.2) is 11.5 Å². The number of rotatable bonds is 3. The van der Waals surface area contributed by atoms with Crippen molar-refractivity contribution < 1.29 is 36.2 Å². The first-order chi connectivity index (χ1) is 8.12. The second kappa shape index (κ2) is 4.83. The van der Waals surface area contributed by atoms with Crippen molar-refractivity contribution in [3.8, 4) is 0 Å². The smallest absolute Gasteiger partial charge is 0.436 e. The molecule has 0 unspecified atom stereocenters. The predicted octanol–water partition coefficient (Wildman–Crippen LogP) is 2.80. The van der Waals surface area contributed by atoms with E-state index in [0.29, 0.717) is 0 Å². The zero-order valence-corrected chi connectivity index (χ0v) is 8.43. The molecule has 100 valence electrons. The van der Waals surface area contributed by atoms with Crippen LogP contribution in [0.2, 0.25) is 0 Å². The summed E-state index contributed by atoms with van der Waals surface area (Å²) in [4.78, 5) is 13.0. The Kier molecular flexibility index (Phi) is 3.82. The molecule has 0 aliphatic carbocycles. The predicted molar refractivity (Wildman–Crippen MR) is 45.5 cm³/mol. The number of hydrogen-bond acceptors (Lipinski definition) is 2. The van der Waals surface area contributed by atoms with Crippen LogP contribution in [0, 0.1) is 5.82 Å². The molecule has 3 nitrogen and oxygen atoms in total. The molecule has 0 aromatic carbocycles. The second-order valence-electron chi connectivity index (χ2n) is 3.22. The molecule has 0 aliphatic rings. The fraction of sp³-hybridized carbons (Fsp3) is 0.333. The maximum absolute atomic E-state index is 13.0. The molecule has 9 heteroatoms. The number of hydrogen-bond donors (Lipinski definition) is 1. The van der Waals surface area contributed by atoms with Gasteiger partial charge in [0.25, 0.3) is 6.43 Å². The van der Waals surface area contributed by atoms with Crippen molar-refractivity contribution in [3.63, 3.8) is 0 Å². The molecule has 1 aromatic rings. The Morgan fingerprint density at radius 3 is 2.33 bits per heavy atom. The van der Waals surface area contributed by atoms with Gasteiger partial charge in [0.2, 0.25) is 0 Å². The van der Waals surface area contributed by atoms with E-state index in [4.69, 9.17) is 5.11 Å². The lowest BCUT2D eigenvalue weighted by Gasteiger charge is -2.12. The van der Waals surface area contributed by atoms with Gasteiger partial charge >= 0.3 is 12.1 Å². The topological polar surface area (TPSA) is 50.2 Å². The summed E-state index contributed by atoms with van der Waals surface area (Å²) in [5.74, 6) is -3.61. The fourth-order valence-corrected chi connectivity index (χ4v) is 1.21. The van der Waals surface area contributed by atoms with Gasteiger partial charge in [-0.05, 0) is 6.07 Å². The average molecular weight is 273 g/mol. The van der Waals surface area contributed by atoms with Crippen LogP contribution in [0.1, 0.15) is 23.4 Å². The Balaban J connectivity index is 3.40. The summed E-state index contributed by atoms with van der Waals surface area (Å²) in [5, 5.41) is 8.38. The Labute approximate surface area is 96.1 Å². The third-order valence-electron chi connectivity index (χ3n) is 1.91. The third kappa shape index (κ3) is 3.11. The highest BCUT2D eigenvalue weighted by molar-refractivity contribution is 5.70. The number of aromatic nitrogens is 1. The second-order valence-corrected chi connectivity index (χ2v) is 3.22. The lowest BCUT2D eigenvalue weighted by molar-refractivity contribution is -0.144. The average Bonchev–Trinajstić information content (AvgIpc) is 2.17. The summed E-state index contributed by atoms with van der Waals surface area (Å²) in [6, 6.07) is -0.0429. The Morgan fingerprint density at radius 2 is 1.94 bits per heavy atom. The van der Waals surface area contributed by atoms with Crippen LogP contribution in [0.4, 0.5) is 26.3 Å². The molecule has 1 rings (SSSR count). The van der Waals surface area contributed by atoms with E-state index >= 15 is 0 Å². The van der Waals surface area contributed by atoms with Crippen LogP contribution in [0.5, 0.6) is 0 Å². The lowest BCUT2D eigenvalue weighted by atomic mass is 10.1. The van der Waals surface area contributed by atoms with Crippen molar-refractivity contribution >= 4 is 5.97 Å². The van der Waals surface area contributed by atoms with Gasteiger partial charge in [-0.1, -0.05) is 0 Å². The fourth-order valence-electron chi connectivity index (χ4n) is 1.21. The van der Waals surface area contributed by atoms with Gasteiger partial charge in [-0.15, -0.1) is 0 Å². The van der Waals surface area contributed by atoms with Gasteiger partial charge in [0.1, 0.15) is 0 Å². The maximum atomic E-state index is 13.0. The summed E-state index contributed by atoms with van der Waals surface area (Å²) in [6.45, 7) is 0. The van der Waals surface area contributed by atoms with Crippen molar-refractivity contribution in [2.45, 2.75) is 19.0 Å². The van der Waals surface area contributed by atoms with Crippen molar-refractivity contribution in [2.75, 3.05) is 0 Å². The molecule has 0 atom stereocenters. The number of aliphatic carboxylic acids is 1. The van der Waals surface area contributed by atoms with Gasteiger partial charge in [0, 0.05) is 5.56 Å². The van der Waals surface area contributed by atoms with Crippen LogP contribution in [0.15, 0.2) is 6.07 Å². The van der Waals surface area contributed by atoms with Crippen LogP contribution in [0.25, 0.3) is 0 Å². The highest BCUT2D eigenvalue weighted by atomic mass is 19.4. The largest absolute Gasteiger partial charge is 0.481 e. The molecule has 0 aliphatic heterocycles. The SMILES string of the molecule is O=C(O)Cc1nc(C(F)(F)F)c(F)cc1C(F)F. The molecule has 0 fully saturated rings. The van der Waals surface area contributed by atoms with Crippen LogP contribution < -0.4 is 0 Å². The van der Waals surface area contributed by atoms with E-state index in [9.17, 15) is 31.1 Å². The van der Waals surface area contributed by atoms with Gasteiger partial charge in [0.05, 0.1) is 12.1 Å². The molecule has 1 aromatic heterocycles. The van der Waals surface area contributed by atoms with E-state index < -0.39 is 47.8 Å². The lowest BCUT2D eigenvalue weighted by Crippen LogP contribution is -2.16. The number of carbonyl (C=O) groups is 1. The minimum atomic E-state index is -5.18. The van der Waals surface area contributed by atoms with Crippen molar-refractivity contribution in [1.82, 2.24) is 4.98 Å². The number of carboxylic acids is 1. The van der Waals surface area contributed by atoms with E-state index in [1.165, 1.54) is 0 Å². The monoisotopic (exact) mass is 273 g/mol. The van der Waals surface area contributed by atoms with Gasteiger partial charge in [-0.25, -0.2) is 18.2 Å². The standard InChI is InChI=1S/C9H5F6NO2/c10-4-1-3(8(11)12)5(2-6(17)18)16-7(4)9(13,14)15/h1,8H,2H2,(H,17,18). The van der Waals surface area contributed by atoms with Gasteiger partial charge in [-0.2, -0.15) is 13.2 Å². The summed E-state index contributed by atoms with van der Waals surface area (Å²) in [7, 11) is 0. The zero-order valence-electron chi connectivity index (χ0n) is 8.43. The normalized spacial score (nSPS) is 11.9. The molecular weight excluding hydrogens is 268 g/mol. The Bertz CT molecular complexity index is 471. The Morgan fingerprint density at radius 1 is 1.39 bits per heavy atom. The molecular formula is C9H5F6NO2. The quantitative estimate of drug-likeness (QED) is 0.861. The van der Waals surface area contributed by atoms with Crippen LogP contribution in [-0.4, -0.2) is 16.1 Å². The van der Waals surface area contributed by atoms with Gasteiger partial charge < -0.3 is 5.11 Å². The third-order valence-corrected chi connectivity index (χ3v) is 1.91. The van der Waals surface area contributed by atoms with E-state index in [-0.39, 0.29) is 6.07 Å². The number of carboxylic acid groups (broad SMARTS) is 1. The summed E-state index contributed by atoms with van der Waals surface area (Å²) < 4.78 is 74.6. The molecule has 0 amide bonds. The highest BCUT2D eigenvalue weighted by Crippen LogP contribution is 2.33. The van der Waals surface area contributed by atoms with E-state index in [1.807, 2.05) is 0 Å². The summed E-state index contributed by atoms with van der Waals surface area (Å²) in [6.07, 6.45) is -9.65. The molecule has 0 saturated heterocycles.